The molecule has 0 radical (unpaired) electrons. The van der Waals surface area contributed by atoms with Crippen molar-refractivity contribution in [1.82, 2.24) is 15.1 Å². The molecule has 1 heterocycles. The fourth-order valence-corrected chi connectivity index (χ4v) is 3.09. The summed E-state index contributed by atoms with van der Waals surface area (Å²) in [4.78, 5) is 16.4. The quantitative estimate of drug-likeness (QED) is 0.737. The molecule has 0 aromatic heterocycles. The average Bonchev–Trinajstić information content (AvgIpc) is 2.37. The van der Waals surface area contributed by atoms with Crippen LogP contribution in [0.15, 0.2) is 0 Å². The highest BCUT2D eigenvalue weighted by atomic mass is 16.4. The van der Waals surface area contributed by atoms with Crippen LogP contribution in [0, 0.1) is 0 Å². The number of nitrogens with zero attached hydrogens (tertiary/aromatic N) is 2. The Morgan fingerprint density at radius 3 is 2.20 bits per heavy atom. The van der Waals surface area contributed by atoms with E-state index in [0.717, 1.165) is 32.7 Å². The van der Waals surface area contributed by atoms with E-state index in [0.29, 0.717) is 6.42 Å². The topological polar surface area (TPSA) is 55.8 Å². The molecule has 0 bridgehead atoms. The van der Waals surface area contributed by atoms with E-state index >= 15 is 0 Å². The number of carboxylic acids is 1. The Morgan fingerprint density at radius 2 is 1.80 bits per heavy atom. The maximum absolute atomic E-state index is 11.6. The molecule has 118 valence electrons. The lowest BCUT2D eigenvalue weighted by molar-refractivity contribution is -0.145. The SMILES string of the molecule is CCN1CCN(C(C)CC(C)(NC(C)C)C(=O)O)CC1. The fraction of sp³-hybridized carbons (Fsp3) is 0.933. The number of carboxylic acid groups (broad SMARTS) is 1. The Hall–Kier alpha value is -0.650. The van der Waals surface area contributed by atoms with E-state index in [-0.39, 0.29) is 12.1 Å². The number of aliphatic carboxylic acids is 1. The van der Waals surface area contributed by atoms with Crippen molar-refractivity contribution in [2.24, 2.45) is 0 Å². The number of hydrogen-bond donors (Lipinski definition) is 2. The number of piperazine rings is 1. The number of rotatable bonds is 7. The molecule has 20 heavy (non-hydrogen) atoms. The summed E-state index contributed by atoms with van der Waals surface area (Å²) in [6, 6.07) is 0.446. The summed E-state index contributed by atoms with van der Waals surface area (Å²) < 4.78 is 0. The van der Waals surface area contributed by atoms with Crippen LogP contribution in [-0.2, 0) is 4.79 Å². The van der Waals surface area contributed by atoms with Gasteiger partial charge in [0, 0.05) is 38.3 Å². The Bertz CT molecular complexity index is 314. The van der Waals surface area contributed by atoms with Crippen LogP contribution in [0.1, 0.15) is 41.0 Å². The van der Waals surface area contributed by atoms with E-state index < -0.39 is 11.5 Å². The van der Waals surface area contributed by atoms with Crippen LogP contribution in [0.2, 0.25) is 0 Å². The molecule has 1 aliphatic rings. The molecule has 5 nitrogen and oxygen atoms in total. The largest absolute Gasteiger partial charge is 0.480 e. The van der Waals surface area contributed by atoms with Gasteiger partial charge in [0.2, 0.25) is 0 Å². The van der Waals surface area contributed by atoms with Crippen molar-refractivity contribution in [2.75, 3.05) is 32.7 Å². The molecule has 0 aromatic rings. The summed E-state index contributed by atoms with van der Waals surface area (Å²) in [5, 5.41) is 12.7. The zero-order valence-electron chi connectivity index (χ0n) is 13.6. The summed E-state index contributed by atoms with van der Waals surface area (Å²) in [6.07, 6.45) is 0.632. The smallest absolute Gasteiger partial charge is 0.323 e. The minimum absolute atomic E-state index is 0.167. The number of likely N-dealkylation sites (N-methyl/N-ethyl adjacent to an activating group) is 1. The van der Waals surface area contributed by atoms with Crippen molar-refractivity contribution in [1.29, 1.82) is 0 Å². The molecule has 0 aromatic carbocycles. The predicted octanol–water partition coefficient (Wildman–Crippen LogP) is 1.24. The molecule has 2 N–H and O–H groups in total. The lowest BCUT2D eigenvalue weighted by atomic mass is 9.91. The molecule has 1 saturated heterocycles. The summed E-state index contributed by atoms with van der Waals surface area (Å²) in [7, 11) is 0. The molecule has 0 aliphatic carbocycles. The van der Waals surface area contributed by atoms with Crippen molar-refractivity contribution >= 4 is 5.97 Å². The first-order valence-electron chi connectivity index (χ1n) is 7.76. The molecule has 1 fully saturated rings. The molecule has 0 amide bonds. The second-order valence-electron chi connectivity index (χ2n) is 6.46. The highest BCUT2D eigenvalue weighted by Gasteiger charge is 2.36. The number of nitrogens with one attached hydrogen (secondary N) is 1. The fourth-order valence-electron chi connectivity index (χ4n) is 3.09. The lowest BCUT2D eigenvalue weighted by Crippen LogP contribution is -2.57. The summed E-state index contributed by atoms with van der Waals surface area (Å²) in [5.74, 6) is -0.759. The van der Waals surface area contributed by atoms with E-state index in [1.165, 1.54) is 0 Å². The third kappa shape index (κ3) is 4.72. The average molecular weight is 285 g/mol. The van der Waals surface area contributed by atoms with Gasteiger partial charge in [0.05, 0.1) is 0 Å². The van der Waals surface area contributed by atoms with Crippen LogP contribution in [0.4, 0.5) is 0 Å². The van der Waals surface area contributed by atoms with Gasteiger partial charge in [-0.25, -0.2) is 0 Å². The molecule has 2 atom stereocenters. The number of carbonyl (C=O) groups is 1. The predicted molar refractivity (Wildman–Crippen MR) is 82.1 cm³/mol. The summed E-state index contributed by atoms with van der Waals surface area (Å²) in [5.41, 5.74) is -0.852. The first kappa shape index (κ1) is 17.4. The van der Waals surface area contributed by atoms with Gasteiger partial charge < -0.3 is 10.0 Å². The van der Waals surface area contributed by atoms with Gasteiger partial charge in [0.1, 0.15) is 5.54 Å². The van der Waals surface area contributed by atoms with Crippen LogP contribution in [0.5, 0.6) is 0 Å². The van der Waals surface area contributed by atoms with Crippen LogP contribution in [0.3, 0.4) is 0 Å². The maximum Gasteiger partial charge on any atom is 0.323 e. The molecule has 0 spiro atoms. The molecule has 5 heteroatoms. The molecule has 0 saturated carbocycles. The summed E-state index contributed by atoms with van der Waals surface area (Å²) in [6.45, 7) is 15.5. The minimum Gasteiger partial charge on any atom is -0.480 e. The van der Waals surface area contributed by atoms with Crippen molar-refractivity contribution in [3.05, 3.63) is 0 Å². The van der Waals surface area contributed by atoms with Gasteiger partial charge in [-0.1, -0.05) is 6.92 Å². The van der Waals surface area contributed by atoms with Gasteiger partial charge in [-0.3, -0.25) is 15.0 Å². The molecular formula is C15H31N3O2. The second-order valence-corrected chi connectivity index (χ2v) is 6.46. The van der Waals surface area contributed by atoms with Gasteiger partial charge in [-0.2, -0.15) is 0 Å². The van der Waals surface area contributed by atoms with Gasteiger partial charge in [-0.05, 0) is 40.7 Å². The normalized spacial score (nSPS) is 22.7. The minimum atomic E-state index is -0.852. The lowest BCUT2D eigenvalue weighted by Gasteiger charge is -2.40. The molecule has 1 rings (SSSR count). The molecule has 1 aliphatic heterocycles. The van der Waals surface area contributed by atoms with Crippen LogP contribution < -0.4 is 5.32 Å². The van der Waals surface area contributed by atoms with Crippen LogP contribution >= 0.6 is 0 Å². The standard InChI is InChI=1S/C15H31N3O2/c1-6-17-7-9-18(10-8-17)13(4)11-15(5,14(19)20)16-12(2)3/h12-13,16H,6-11H2,1-5H3,(H,19,20). The highest BCUT2D eigenvalue weighted by molar-refractivity contribution is 5.78. The van der Waals surface area contributed by atoms with Gasteiger partial charge in [0.25, 0.3) is 0 Å². The number of hydrogen-bond acceptors (Lipinski definition) is 4. The van der Waals surface area contributed by atoms with Crippen molar-refractivity contribution < 1.29 is 9.90 Å². The van der Waals surface area contributed by atoms with E-state index in [2.05, 4.69) is 29.0 Å². The summed E-state index contributed by atoms with van der Waals surface area (Å²) >= 11 is 0. The molecule has 2 unspecified atom stereocenters. The Labute approximate surface area is 123 Å². The van der Waals surface area contributed by atoms with Crippen LogP contribution in [-0.4, -0.2) is 71.2 Å². The van der Waals surface area contributed by atoms with E-state index in [1.54, 1.807) is 6.92 Å². The van der Waals surface area contributed by atoms with Gasteiger partial charge >= 0.3 is 5.97 Å². The third-order valence-corrected chi connectivity index (χ3v) is 4.26. The monoisotopic (exact) mass is 285 g/mol. The highest BCUT2D eigenvalue weighted by Crippen LogP contribution is 2.19. The Balaban J connectivity index is 2.58. The van der Waals surface area contributed by atoms with E-state index in [1.807, 2.05) is 13.8 Å². The third-order valence-electron chi connectivity index (χ3n) is 4.26. The first-order valence-corrected chi connectivity index (χ1v) is 7.76. The van der Waals surface area contributed by atoms with E-state index in [4.69, 9.17) is 0 Å². The maximum atomic E-state index is 11.6. The Morgan fingerprint density at radius 1 is 1.25 bits per heavy atom. The van der Waals surface area contributed by atoms with Crippen molar-refractivity contribution in [3.8, 4) is 0 Å². The Kier molecular flexibility index (Phi) is 6.43. The van der Waals surface area contributed by atoms with E-state index in [9.17, 15) is 9.90 Å². The van der Waals surface area contributed by atoms with Gasteiger partial charge in [0.15, 0.2) is 0 Å². The van der Waals surface area contributed by atoms with Crippen molar-refractivity contribution in [2.45, 2.75) is 58.7 Å². The van der Waals surface area contributed by atoms with Gasteiger partial charge in [-0.15, -0.1) is 0 Å². The van der Waals surface area contributed by atoms with Crippen molar-refractivity contribution in [3.63, 3.8) is 0 Å². The molecular weight excluding hydrogens is 254 g/mol. The first-order chi connectivity index (χ1) is 9.28. The van der Waals surface area contributed by atoms with Crippen LogP contribution in [0.25, 0.3) is 0 Å². The zero-order valence-corrected chi connectivity index (χ0v) is 13.6. The second kappa shape index (κ2) is 7.38. The zero-order chi connectivity index (χ0) is 15.3.